The summed E-state index contributed by atoms with van der Waals surface area (Å²) in [6, 6.07) is 16.6. The Morgan fingerprint density at radius 2 is 1.90 bits per heavy atom. The third kappa shape index (κ3) is 3.11. The normalized spacial score (nSPS) is 10.6. The van der Waals surface area contributed by atoms with Crippen molar-refractivity contribution < 1.29 is 0 Å². The maximum atomic E-state index is 4.40. The standard InChI is InChI=1S/C17H18N4/c1-12-6-5-7-14(10-12)11-18-16-9-4-3-8-15(16)17-19-13(2)20-21-17/h3-10,18H,11H2,1-2H3,(H,19,20,21). The molecule has 3 aromatic rings. The quantitative estimate of drug-likeness (QED) is 0.765. The molecule has 2 N–H and O–H groups in total. The van der Waals surface area contributed by atoms with Gasteiger partial charge >= 0.3 is 0 Å². The van der Waals surface area contributed by atoms with Crippen LogP contribution >= 0.6 is 0 Å². The van der Waals surface area contributed by atoms with Gasteiger partial charge in [-0.25, -0.2) is 4.98 Å². The molecule has 0 radical (unpaired) electrons. The van der Waals surface area contributed by atoms with Crippen LogP contribution in [0.25, 0.3) is 11.4 Å². The summed E-state index contributed by atoms with van der Waals surface area (Å²) in [6.45, 7) is 4.79. The molecule has 21 heavy (non-hydrogen) atoms. The van der Waals surface area contributed by atoms with E-state index in [-0.39, 0.29) is 0 Å². The highest BCUT2D eigenvalue weighted by atomic mass is 15.2. The number of aryl methyl sites for hydroxylation is 2. The number of rotatable bonds is 4. The predicted octanol–water partition coefficient (Wildman–Crippen LogP) is 3.70. The molecule has 2 aromatic carbocycles. The van der Waals surface area contributed by atoms with Crippen LogP contribution in [0.15, 0.2) is 48.5 Å². The first-order valence-corrected chi connectivity index (χ1v) is 7.00. The Hall–Kier alpha value is -2.62. The van der Waals surface area contributed by atoms with Gasteiger partial charge in [0.15, 0.2) is 5.82 Å². The second kappa shape index (κ2) is 5.79. The summed E-state index contributed by atoms with van der Waals surface area (Å²) in [6.07, 6.45) is 0. The smallest absolute Gasteiger partial charge is 0.183 e. The van der Waals surface area contributed by atoms with Crippen molar-refractivity contribution in [3.8, 4) is 11.4 Å². The highest BCUT2D eigenvalue weighted by Gasteiger charge is 2.08. The van der Waals surface area contributed by atoms with Crippen LogP contribution in [0.4, 0.5) is 5.69 Å². The van der Waals surface area contributed by atoms with Crippen LogP contribution in [0, 0.1) is 13.8 Å². The molecule has 0 saturated heterocycles. The Morgan fingerprint density at radius 3 is 2.67 bits per heavy atom. The van der Waals surface area contributed by atoms with E-state index in [0.29, 0.717) is 0 Å². The lowest BCUT2D eigenvalue weighted by atomic mass is 10.1. The number of nitrogens with zero attached hydrogens (tertiary/aromatic N) is 2. The molecule has 0 saturated carbocycles. The summed E-state index contributed by atoms with van der Waals surface area (Å²) in [7, 11) is 0. The number of benzene rings is 2. The zero-order valence-corrected chi connectivity index (χ0v) is 12.2. The maximum Gasteiger partial charge on any atom is 0.183 e. The minimum Gasteiger partial charge on any atom is -0.380 e. The largest absolute Gasteiger partial charge is 0.380 e. The molecule has 106 valence electrons. The highest BCUT2D eigenvalue weighted by Crippen LogP contribution is 2.25. The molecule has 0 fully saturated rings. The van der Waals surface area contributed by atoms with Crippen molar-refractivity contribution in [2.75, 3.05) is 5.32 Å². The van der Waals surface area contributed by atoms with Crippen LogP contribution in [-0.4, -0.2) is 15.2 Å². The van der Waals surface area contributed by atoms with E-state index in [1.807, 2.05) is 25.1 Å². The molecule has 0 unspecified atom stereocenters. The number of para-hydroxylation sites is 1. The zero-order valence-electron chi connectivity index (χ0n) is 12.2. The fourth-order valence-electron chi connectivity index (χ4n) is 2.31. The van der Waals surface area contributed by atoms with E-state index in [9.17, 15) is 0 Å². The minimum absolute atomic E-state index is 0.722. The van der Waals surface area contributed by atoms with Crippen LogP contribution in [-0.2, 0) is 6.54 Å². The number of H-pyrrole nitrogens is 1. The molecule has 0 spiro atoms. The number of hydrogen-bond acceptors (Lipinski definition) is 3. The molecule has 0 amide bonds. The molecule has 1 heterocycles. The Balaban J connectivity index is 1.83. The summed E-state index contributed by atoms with van der Waals surface area (Å²) in [4.78, 5) is 4.40. The lowest BCUT2D eigenvalue weighted by Gasteiger charge is -2.10. The summed E-state index contributed by atoms with van der Waals surface area (Å²) >= 11 is 0. The maximum absolute atomic E-state index is 4.40. The highest BCUT2D eigenvalue weighted by molar-refractivity contribution is 5.73. The first-order chi connectivity index (χ1) is 10.2. The van der Waals surface area contributed by atoms with Gasteiger partial charge in [0.25, 0.3) is 0 Å². The zero-order chi connectivity index (χ0) is 14.7. The Kier molecular flexibility index (Phi) is 3.69. The molecule has 0 aliphatic rings. The van der Waals surface area contributed by atoms with Gasteiger partial charge in [-0.05, 0) is 31.5 Å². The van der Waals surface area contributed by atoms with Gasteiger partial charge in [-0.1, -0.05) is 42.0 Å². The van der Waals surface area contributed by atoms with Crippen molar-refractivity contribution >= 4 is 5.69 Å². The number of anilines is 1. The minimum atomic E-state index is 0.722. The summed E-state index contributed by atoms with van der Waals surface area (Å²) in [5, 5.41) is 10.6. The van der Waals surface area contributed by atoms with E-state index in [1.54, 1.807) is 0 Å². The lowest BCUT2D eigenvalue weighted by molar-refractivity contribution is 1.04. The van der Waals surface area contributed by atoms with E-state index < -0.39 is 0 Å². The Labute approximate surface area is 124 Å². The van der Waals surface area contributed by atoms with E-state index in [1.165, 1.54) is 11.1 Å². The Morgan fingerprint density at radius 1 is 1.05 bits per heavy atom. The lowest BCUT2D eigenvalue weighted by Crippen LogP contribution is -2.01. The topological polar surface area (TPSA) is 53.6 Å². The average Bonchev–Trinajstić information content (AvgIpc) is 2.92. The summed E-state index contributed by atoms with van der Waals surface area (Å²) in [5.41, 5.74) is 4.58. The summed E-state index contributed by atoms with van der Waals surface area (Å²) < 4.78 is 0. The molecular weight excluding hydrogens is 260 g/mol. The SMILES string of the molecule is Cc1cccc(CNc2ccccc2-c2n[nH]c(C)n2)c1. The molecule has 4 heteroatoms. The van der Waals surface area contributed by atoms with Gasteiger partial charge in [0.1, 0.15) is 5.82 Å². The molecule has 0 bridgehead atoms. The third-order valence-corrected chi connectivity index (χ3v) is 3.33. The molecule has 0 aliphatic carbocycles. The molecule has 0 atom stereocenters. The first kappa shape index (κ1) is 13.4. The predicted molar refractivity (Wildman–Crippen MR) is 85.1 cm³/mol. The number of hydrogen-bond donors (Lipinski definition) is 2. The van der Waals surface area contributed by atoms with Crippen molar-refractivity contribution in [2.24, 2.45) is 0 Å². The number of aromatic amines is 1. The summed E-state index contributed by atoms with van der Waals surface area (Å²) in [5.74, 6) is 1.54. The third-order valence-electron chi connectivity index (χ3n) is 3.33. The molecule has 3 rings (SSSR count). The molecule has 1 aromatic heterocycles. The van der Waals surface area contributed by atoms with E-state index >= 15 is 0 Å². The van der Waals surface area contributed by atoms with E-state index in [0.717, 1.165) is 29.4 Å². The average molecular weight is 278 g/mol. The van der Waals surface area contributed by atoms with Crippen molar-refractivity contribution in [2.45, 2.75) is 20.4 Å². The van der Waals surface area contributed by atoms with Crippen molar-refractivity contribution in [1.82, 2.24) is 15.2 Å². The fraction of sp³-hybridized carbons (Fsp3) is 0.176. The molecule has 0 aliphatic heterocycles. The first-order valence-electron chi connectivity index (χ1n) is 7.00. The van der Waals surface area contributed by atoms with Crippen LogP contribution in [0.3, 0.4) is 0 Å². The van der Waals surface area contributed by atoms with E-state index in [2.05, 4.69) is 57.8 Å². The van der Waals surface area contributed by atoms with Crippen molar-refractivity contribution in [3.63, 3.8) is 0 Å². The van der Waals surface area contributed by atoms with Crippen LogP contribution < -0.4 is 5.32 Å². The van der Waals surface area contributed by atoms with Gasteiger partial charge in [-0.3, -0.25) is 5.10 Å². The second-order valence-electron chi connectivity index (χ2n) is 5.13. The van der Waals surface area contributed by atoms with Gasteiger partial charge in [0, 0.05) is 17.8 Å². The number of nitrogens with one attached hydrogen (secondary N) is 2. The Bertz CT molecular complexity index is 746. The van der Waals surface area contributed by atoms with Gasteiger partial charge in [-0.15, -0.1) is 0 Å². The van der Waals surface area contributed by atoms with Crippen molar-refractivity contribution in [1.29, 1.82) is 0 Å². The molecule has 4 nitrogen and oxygen atoms in total. The fourth-order valence-corrected chi connectivity index (χ4v) is 2.31. The van der Waals surface area contributed by atoms with Gasteiger partial charge in [-0.2, -0.15) is 5.10 Å². The van der Waals surface area contributed by atoms with Crippen LogP contribution in [0.2, 0.25) is 0 Å². The van der Waals surface area contributed by atoms with Crippen LogP contribution in [0.1, 0.15) is 17.0 Å². The second-order valence-corrected chi connectivity index (χ2v) is 5.13. The van der Waals surface area contributed by atoms with Crippen LogP contribution in [0.5, 0.6) is 0 Å². The van der Waals surface area contributed by atoms with Gasteiger partial charge < -0.3 is 5.32 Å². The van der Waals surface area contributed by atoms with Gasteiger partial charge in [0.2, 0.25) is 0 Å². The number of aromatic nitrogens is 3. The van der Waals surface area contributed by atoms with Crippen molar-refractivity contribution in [3.05, 3.63) is 65.5 Å². The molecular formula is C17H18N4. The monoisotopic (exact) mass is 278 g/mol. The van der Waals surface area contributed by atoms with Gasteiger partial charge in [0.05, 0.1) is 0 Å². The van der Waals surface area contributed by atoms with E-state index in [4.69, 9.17) is 0 Å².